The van der Waals surface area contributed by atoms with Crippen molar-refractivity contribution in [3.63, 3.8) is 0 Å². The molecular formula is C10H10Cl2N2O2S2. The Kier molecular flexibility index (Phi) is 4.19. The maximum absolute atomic E-state index is 12.4. The highest BCUT2D eigenvalue weighted by Crippen LogP contribution is 2.37. The molecule has 0 radical (unpaired) electrons. The first-order chi connectivity index (χ1) is 8.46. The number of piperidine rings is 1. The van der Waals surface area contributed by atoms with E-state index in [1.807, 2.05) is 6.07 Å². The maximum atomic E-state index is 12.4. The molecule has 1 aromatic rings. The number of thiophene rings is 1. The lowest BCUT2D eigenvalue weighted by atomic mass is 10.1. The van der Waals surface area contributed by atoms with E-state index in [1.165, 1.54) is 10.4 Å². The average Bonchev–Trinajstić information content (AvgIpc) is 2.69. The van der Waals surface area contributed by atoms with Gasteiger partial charge in [-0.15, -0.1) is 11.3 Å². The van der Waals surface area contributed by atoms with Gasteiger partial charge in [-0.3, -0.25) is 0 Å². The predicted molar refractivity (Wildman–Crippen MR) is 71.5 cm³/mol. The van der Waals surface area contributed by atoms with Crippen LogP contribution in [-0.2, 0) is 10.0 Å². The van der Waals surface area contributed by atoms with Crippen molar-refractivity contribution in [1.82, 2.24) is 4.31 Å². The van der Waals surface area contributed by atoms with Crippen LogP contribution in [-0.4, -0.2) is 25.3 Å². The van der Waals surface area contributed by atoms with Crippen molar-refractivity contribution < 1.29 is 8.42 Å². The molecule has 0 N–H and O–H groups in total. The van der Waals surface area contributed by atoms with E-state index < -0.39 is 16.1 Å². The summed E-state index contributed by atoms with van der Waals surface area (Å²) in [4.78, 5) is 0.00122. The standard InChI is InChI=1S/C10H10Cl2N2O2S2/c11-9-5-8(10(12)17-9)18(15,16)14-4-2-1-3-7(14)6-13/h5,7H,1-4H2. The molecule has 4 nitrogen and oxygen atoms in total. The predicted octanol–water partition coefficient (Wildman–Crippen LogP) is 3.12. The first-order valence-corrected chi connectivity index (χ1v) is 8.34. The number of nitriles is 1. The minimum absolute atomic E-state index is 0.00122. The summed E-state index contributed by atoms with van der Waals surface area (Å²) in [5.74, 6) is 0. The maximum Gasteiger partial charge on any atom is 0.246 e. The van der Waals surface area contributed by atoms with Crippen LogP contribution in [0.3, 0.4) is 0 Å². The quantitative estimate of drug-likeness (QED) is 0.839. The minimum atomic E-state index is -3.73. The van der Waals surface area contributed by atoms with E-state index in [1.54, 1.807) is 0 Å². The van der Waals surface area contributed by atoms with E-state index in [2.05, 4.69) is 0 Å². The zero-order valence-electron chi connectivity index (χ0n) is 9.27. The number of hydrogen-bond acceptors (Lipinski definition) is 4. The van der Waals surface area contributed by atoms with Crippen molar-refractivity contribution in [2.45, 2.75) is 30.2 Å². The lowest BCUT2D eigenvalue weighted by Gasteiger charge is -2.30. The first-order valence-electron chi connectivity index (χ1n) is 5.33. The molecule has 1 saturated heterocycles. The van der Waals surface area contributed by atoms with Gasteiger partial charge in [-0.1, -0.05) is 23.2 Å². The molecule has 1 fully saturated rings. The summed E-state index contributed by atoms with van der Waals surface area (Å²) in [6.45, 7) is 0.352. The SMILES string of the molecule is N#CC1CCCCN1S(=O)(=O)c1cc(Cl)sc1Cl. The van der Waals surface area contributed by atoms with Gasteiger partial charge in [0.25, 0.3) is 0 Å². The Bertz CT molecular complexity index is 592. The van der Waals surface area contributed by atoms with Gasteiger partial charge in [0.2, 0.25) is 10.0 Å². The van der Waals surface area contributed by atoms with Crippen molar-refractivity contribution in [1.29, 1.82) is 5.26 Å². The van der Waals surface area contributed by atoms with Crippen LogP contribution in [0.1, 0.15) is 19.3 Å². The highest BCUT2D eigenvalue weighted by atomic mass is 35.5. The highest BCUT2D eigenvalue weighted by Gasteiger charge is 2.35. The Hall–Kier alpha value is -0.320. The largest absolute Gasteiger partial charge is 0.246 e. The van der Waals surface area contributed by atoms with E-state index in [-0.39, 0.29) is 9.23 Å². The lowest BCUT2D eigenvalue weighted by Crippen LogP contribution is -2.42. The van der Waals surface area contributed by atoms with Gasteiger partial charge in [0, 0.05) is 6.54 Å². The third kappa shape index (κ3) is 2.51. The Labute approximate surface area is 120 Å². The van der Waals surface area contributed by atoms with Crippen molar-refractivity contribution in [2.75, 3.05) is 6.54 Å². The molecule has 18 heavy (non-hydrogen) atoms. The van der Waals surface area contributed by atoms with Crippen LogP contribution in [0, 0.1) is 11.3 Å². The summed E-state index contributed by atoms with van der Waals surface area (Å²) in [6, 6.07) is 2.76. The van der Waals surface area contributed by atoms with Crippen LogP contribution >= 0.6 is 34.5 Å². The fraction of sp³-hybridized carbons (Fsp3) is 0.500. The molecule has 2 heterocycles. The summed E-state index contributed by atoms with van der Waals surface area (Å²) < 4.78 is 26.5. The molecule has 0 bridgehead atoms. The van der Waals surface area contributed by atoms with Gasteiger partial charge in [0.15, 0.2) is 0 Å². The van der Waals surface area contributed by atoms with E-state index in [0.29, 0.717) is 17.3 Å². The average molecular weight is 325 g/mol. The Morgan fingerprint density at radius 2 is 2.17 bits per heavy atom. The second-order valence-electron chi connectivity index (χ2n) is 3.94. The molecule has 8 heteroatoms. The molecular weight excluding hydrogens is 315 g/mol. The van der Waals surface area contributed by atoms with Crippen molar-refractivity contribution in [2.24, 2.45) is 0 Å². The number of nitrogens with zero attached hydrogens (tertiary/aromatic N) is 2. The molecule has 1 unspecified atom stereocenters. The smallest absolute Gasteiger partial charge is 0.207 e. The Morgan fingerprint density at radius 3 is 2.72 bits per heavy atom. The van der Waals surface area contributed by atoms with Crippen LogP contribution in [0.2, 0.25) is 8.67 Å². The molecule has 2 rings (SSSR count). The highest BCUT2D eigenvalue weighted by molar-refractivity contribution is 7.89. The van der Waals surface area contributed by atoms with Gasteiger partial charge in [0.05, 0.1) is 10.4 Å². The van der Waals surface area contributed by atoms with Gasteiger partial charge < -0.3 is 0 Å². The van der Waals surface area contributed by atoms with Crippen molar-refractivity contribution >= 4 is 44.6 Å². The molecule has 1 atom stereocenters. The van der Waals surface area contributed by atoms with Crippen molar-refractivity contribution in [3.8, 4) is 6.07 Å². The molecule has 1 aliphatic heterocycles. The minimum Gasteiger partial charge on any atom is -0.207 e. The number of sulfonamides is 1. The summed E-state index contributed by atoms with van der Waals surface area (Å²) in [5.41, 5.74) is 0. The molecule has 1 aliphatic rings. The fourth-order valence-corrected chi connectivity index (χ4v) is 5.67. The van der Waals surface area contributed by atoms with E-state index in [0.717, 1.165) is 24.2 Å². The second-order valence-corrected chi connectivity index (χ2v) is 8.09. The molecule has 0 saturated carbocycles. The monoisotopic (exact) mass is 324 g/mol. The Morgan fingerprint density at radius 1 is 1.44 bits per heavy atom. The molecule has 0 aromatic carbocycles. The van der Waals surface area contributed by atoms with E-state index in [9.17, 15) is 8.42 Å². The number of hydrogen-bond donors (Lipinski definition) is 0. The van der Waals surface area contributed by atoms with Gasteiger partial charge >= 0.3 is 0 Å². The van der Waals surface area contributed by atoms with Gasteiger partial charge in [-0.05, 0) is 25.3 Å². The molecule has 98 valence electrons. The van der Waals surface area contributed by atoms with Gasteiger partial charge in [-0.2, -0.15) is 9.57 Å². The fourth-order valence-electron chi connectivity index (χ4n) is 1.95. The normalized spacial score (nSPS) is 21.7. The van der Waals surface area contributed by atoms with Crippen molar-refractivity contribution in [3.05, 3.63) is 14.7 Å². The lowest BCUT2D eigenvalue weighted by molar-refractivity contribution is 0.297. The summed E-state index contributed by atoms with van der Waals surface area (Å²) >= 11 is 12.7. The van der Waals surface area contributed by atoms with Crippen LogP contribution in [0.5, 0.6) is 0 Å². The summed E-state index contributed by atoms with van der Waals surface area (Å²) in [6.07, 6.45) is 2.18. The second kappa shape index (κ2) is 5.35. The third-order valence-electron chi connectivity index (χ3n) is 2.81. The van der Waals surface area contributed by atoms with Crippen LogP contribution in [0.25, 0.3) is 0 Å². The van der Waals surface area contributed by atoms with Gasteiger partial charge in [0.1, 0.15) is 15.3 Å². The zero-order chi connectivity index (χ0) is 13.3. The topological polar surface area (TPSA) is 61.2 Å². The van der Waals surface area contributed by atoms with Gasteiger partial charge in [-0.25, -0.2) is 8.42 Å². The zero-order valence-corrected chi connectivity index (χ0v) is 12.4. The summed E-state index contributed by atoms with van der Waals surface area (Å²) in [7, 11) is -3.73. The van der Waals surface area contributed by atoms with Crippen LogP contribution in [0.15, 0.2) is 11.0 Å². The van der Waals surface area contributed by atoms with Crippen LogP contribution < -0.4 is 0 Å². The van der Waals surface area contributed by atoms with Crippen LogP contribution in [0.4, 0.5) is 0 Å². The van der Waals surface area contributed by atoms with E-state index in [4.69, 9.17) is 28.5 Å². The molecule has 0 aliphatic carbocycles. The van der Waals surface area contributed by atoms with E-state index >= 15 is 0 Å². The molecule has 1 aromatic heterocycles. The Balaban J connectivity index is 2.42. The first kappa shape index (κ1) is 14.1. The third-order valence-corrected chi connectivity index (χ3v) is 6.48. The number of halogens is 2. The number of rotatable bonds is 2. The summed E-state index contributed by atoms with van der Waals surface area (Å²) in [5, 5.41) is 9.03. The molecule has 0 amide bonds. The molecule has 0 spiro atoms.